The van der Waals surface area contributed by atoms with Crippen molar-refractivity contribution in [2.24, 2.45) is 11.8 Å². The number of nitrogen functional groups attached to an aromatic ring is 1. The Morgan fingerprint density at radius 1 is 1.41 bits per heavy atom. The number of nitrogens with one attached hydrogen (secondary N) is 1. The molecule has 0 aliphatic heterocycles. The van der Waals surface area contributed by atoms with Gasteiger partial charge in [0.25, 0.3) is 0 Å². The molecule has 2 unspecified atom stereocenters. The van der Waals surface area contributed by atoms with E-state index in [1.807, 2.05) is 24.8 Å². The first-order valence-corrected chi connectivity index (χ1v) is 7.04. The van der Waals surface area contributed by atoms with Crippen LogP contribution in [0.3, 0.4) is 0 Å². The lowest BCUT2D eigenvalue weighted by Gasteiger charge is -2.25. The number of aromatic nitrogens is 2. The Hall–Kier alpha value is -0.810. The first-order chi connectivity index (χ1) is 8.17. The number of thioether (sulfide) groups is 1. The van der Waals surface area contributed by atoms with E-state index in [2.05, 4.69) is 22.3 Å². The maximum Gasteiger partial charge on any atom is 0.144 e. The molecule has 1 aliphatic rings. The van der Waals surface area contributed by atoms with Crippen LogP contribution in [0.15, 0.2) is 11.1 Å². The van der Waals surface area contributed by atoms with Crippen LogP contribution in [-0.4, -0.2) is 15.2 Å². The summed E-state index contributed by atoms with van der Waals surface area (Å²) < 4.78 is 0. The Morgan fingerprint density at radius 2 is 2.24 bits per heavy atom. The van der Waals surface area contributed by atoms with Gasteiger partial charge in [-0.1, -0.05) is 19.8 Å². The monoisotopic (exact) mass is 252 g/mol. The van der Waals surface area contributed by atoms with E-state index in [1.165, 1.54) is 25.7 Å². The van der Waals surface area contributed by atoms with Crippen molar-refractivity contribution in [3.63, 3.8) is 0 Å². The Bertz CT molecular complexity index is 383. The quantitative estimate of drug-likeness (QED) is 0.492. The van der Waals surface area contributed by atoms with Crippen LogP contribution >= 0.6 is 11.8 Å². The van der Waals surface area contributed by atoms with Gasteiger partial charge in [-0.25, -0.2) is 15.8 Å². The number of hydrogen-bond donors (Lipinski definition) is 2. The lowest BCUT2D eigenvalue weighted by Crippen LogP contribution is -2.15. The van der Waals surface area contributed by atoms with Crippen LogP contribution < -0.4 is 11.3 Å². The third-order valence-electron chi connectivity index (χ3n) is 3.14. The SMILES string of the molecule is Cc1nc(NN)cc(SC2CCCC(C)C2)n1. The highest BCUT2D eigenvalue weighted by atomic mass is 32.2. The van der Waals surface area contributed by atoms with Gasteiger partial charge in [-0.3, -0.25) is 0 Å². The highest BCUT2D eigenvalue weighted by Crippen LogP contribution is 2.35. The largest absolute Gasteiger partial charge is 0.308 e. The molecule has 0 aromatic carbocycles. The Morgan fingerprint density at radius 3 is 2.94 bits per heavy atom. The van der Waals surface area contributed by atoms with Crippen LogP contribution in [0.25, 0.3) is 0 Å². The molecule has 5 heteroatoms. The van der Waals surface area contributed by atoms with E-state index >= 15 is 0 Å². The number of hydrazine groups is 1. The van der Waals surface area contributed by atoms with Gasteiger partial charge >= 0.3 is 0 Å². The van der Waals surface area contributed by atoms with E-state index < -0.39 is 0 Å². The molecular formula is C12H20N4S. The molecule has 1 aromatic rings. The summed E-state index contributed by atoms with van der Waals surface area (Å²) in [6.45, 7) is 4.24. The summed E-state index contributed by atoms with van der Waals surface area (Å²) in [6, 6.07) is 1.93. The van der Waals surface area contributed by atoms with E-state index in [9.17, 15) is 0 Å². The van der Waals surface area contributed by atoms with Crippen LogP contribution in [0.5, 0.6) is 0 Å². The van der Waals surface area contributed by atoms with Crippen molar-refractivity contribution in [1.82, 2.24) is 9.97 Å². The summed E-state index contributed by atoms with van der Waals surface area (Å²) in [5.74, 6) is 7.71. The Balaban J connectivity index is 2.04. The number of anilines is 1. The molecule has 3 N–H and O–H groups in total. The molecule has 17 heavy (non-hydrogen) atoms. The van der Waals surface area contributed by atoms with Crippen molar-refractivity contribution >= 4 is 17.6 Å². The number of aryl methyl sites for hydroxylation is 1. The minimum Gasteiger partial charge on any atom is -0.308 e. The second-order valence-electron chi connectivity index (χ2n) is 4.79. The van der Waals surface area contributed by atoms with Gasteiger partial charge in [-0.15, -0.1) is 11.8 Å². The van der Waals surface area contributed by atoms with Crippen molar-refractivity contribution in [2.45, 2.75) is 49.8 Å². The number of nitrogens with two attached hydrogens (primary N) is 1. The molecule has 0 amide bonds. The van der Waals surface area contributed by atoms with Crippen LogP contribution in [0.1, 0.15) is 38.4 Å². The summed E-state index contributed by atoms with van der Waals surface area (Å²) in [5.41, 5.74) is 2.59. The Labute approximate surface area is 107 Å². The zero-order valence-electron chi connectivity index (χ0n) is 10.4. The molecule has 1 heterocycles. The van der Waals surface area contributed by atoms with Crippen molar-refractivity contribution in [3.8, 4) is 0 Å². The molecule has 1 aromatic heterocycles. The topological polar surface area (TPSA) is 63.8 Å². The van der Waals surface area contributed by atoms with E-state index in [0.29, 0.717) is 11.1 Å². The lowest BCUT2D eigenvalue weighted by atomic mass is 9.91. The molecule has 0 bridgehead atoms. The summed E-state index contributed by atoms with van der Waals surface area (Å²) in [7, 11) is 0. The molecule has 2 rings (SSSR count). The van der Waals surface area contributed by atoms with Crippen LogP contribution in [0.4, 0.5) is 5.82 Å². The standard InChI is InChI=1S/C12H20N4S/c1-8-4-3-5-10(6-8)17-12-7-11(16-13)14-9(2)15-12/h7-8,10H,3-6,13H2,1-2H3,(H,14,15,16). The van der Waals surface area contributed by atoms with Gasteiger partial charge < -0.3 is 5.43 Å². The summed E-state index contributed by atoms with van der Waals surface area (Å²) in [6.07, 6.45) is 5.29. The van der Waals surface area contributed by atoms with Crippen LogP contribution in [-0.2, 0) is 0 Å². The fraction of sp³-hybridized carbons (Fsp3) is 0.667. The van der Waals surface area contributed by atoms with Crippen LogP contribution in [0.2, 0.25) is 0 Å². The second kappa shape index (κ2) is 5.69. The predicted molar refractivity (Wildman–Crippen MR) is 71.9 cm³/mol. The molecule has 0 radical (unpaired) electrons. The van der Waals surface area contributed by atoms with Crippen molar-refractivity contribution in [1.29, 1.82) is 0 Å². The molecule has 1 saturated carbocycles. The number of rotatable bonds is 3. The zero-order chi connectivity index (χ0) is 12.3. The second-order valence-corrected chi connectivity index (χ2v) is 6.12. The van der Waals surface area contributed by atoms with Gasteiger partial charge in [-0.2, -0.15) is 0 Å². The molecule has 0 spiro atoms. The fourth-order valence-corrected chi connectivity index (χ4v) is 3.75. The van der Waals surface area contributed by atoms with Gasteiger partial charge in [-0.05, 0) is 25.7 Å². The minimum atomic E-state index is 0.693. The van der Waals surface area contributed by atoms with Gasteiger partial charge in [0.2, 0.25) is 0 Å². The molecule has 1 fully saturated rings. The molecular weight excluding hydrogens is 232 g/mol. The smallest absolute Gasteiger partial charge is 0.144 e. The third-order valence-corrected chi connectivity index (χ3v) is 4.35. The summed E-state index contributed by atoms with van der Waals surface area (Å²) >= 11 is 1.87. The van der Waals surface area contributed by atoms with E-state index in [0.717, 1.165) is 16.8 Å². The average Bonchev–Trinajstić information content (AvgIpc) is 2.28. The zero-order valence-corrected chi connectivity index (χ0v) is 11.3. The van der Waals surface area contributed by atoms with Crippen molar-refractivity contribution < 1.29 is 0 Å². The van der Waals surface area contributed by atoms with Gasteiger partial charge in [0, 0.05) is 11.3 Å². The summed E-state index contributed by atoms with van der Waals surface area (Å²) in [5, 5.41) is 1.73. The minimum absolute atomic E-state index is 0.693. The highest BCUT2D eigenvalue weighted by molar-refractivity contribution is 7.99. The van der Waals surface area contributed by atoms with Crippen molar-refractivity contribution in [3.05, 3.63) is 11.9 Å². The predicted octanol–water partition coefficient (Wildman–Crippen LogP) is 2.74. The van der Waals surface area contributed by atoms with E-state index in [4.69, 9.17) is 5.84 Å². The highest BCUT2D eigenvalue weighted by Gasteiger charge is 2.20. The van der Waals surface area contributed by atoms with E-state index in [-0.39, 0.29) is 0 Å². The number of nitrogens with zero attached hydrogens (tertiary/aromatic N) is 2. The lowest BCUT2D eigenvalue weighted by molar-refractivity contribution is 0.394. The van der Waals surface area contributed by atoms with Crippen LogP contribution in [0, 0.1) is 12.8 Å². The number of hydrogen-bond acceptors (Lipinski definition) is 5. The molecule has 94 valence electrons. The Kier molecular flexibility index (Phi) is 4.23. The van der Waals surface area contributed by atoms with Gasteiger partial charge in [0.15, 0.2) is 0 Å². The maximum absolute atomic E-state index is 5.39. The molecule has 1 aliphatic carbocycles. The summed E-state index contributed by atoms with van der Waals surface area (Å²) in [4.78, 5) is 8.66. The normalized spacial score (nSPS) is 24.6. The molecule has 4 nitrogen and oxygen atoms in total. The van der Waals surface area contributed by atoms with Gasteiger partial charge in [0.1, 0.15) is 16.7 Å². The van der Waals surface area contributed by atoms with E-state index in [1.54, 1.807) is 0 Å². The molecule has 0 saturated heterocycles. The average molecular weight is 252 g/mol. The first kappa shape index (κ1) is 12.6. The maximum atomic E-state index is 5.39. The molecule has 2 atom stereocenters. The first-order valence-electron chi connectivity index (χ1n) is 6.16. The third kappa shape index (κ3) is 3.57. The van der Waals surface area contributed by atoms with Gasteiger partial charge in [0.05, 0.1) is 0 Å². The van der Waals surface area contributed by atoms with Crippen molar-refractivity contribution in [2.75, 3.05) is 5.43 Å². The fourth-order valence-electron chi connectivity index (χ4n) is 2.33.